The highest BCUT2D eigenvalue weighted by atomic mass is 32.1. The lowest BCUT2D eigenvalue weighted by molar-refractivity contribution is -0.121. The van der Waals surface area contributed by atoms with Crippen LogP contribution < -0.4 is 5.32 Å². The van der Waals surface area contributed by atoms with Crippen LogP contribution in [-0.4, -0.2) is 55.2 Å². The second-order valence-corrected chi connectivity index (χ2v) is 8.16. The van der Waals surface area contributed by atoms with E-state index in [1.54, 1.807) is 6.92 Å². The van der Waals surface area contributed by atoms with Gasteiger partial charge in [-0.1, -0.05) is 13.8 Å². The molecule has 0 aliphatic carbocycles. The zero-order chi connectivity index (χ0) is 19.3. The number of morpholine rings is 1. The molecule has 0 spiro atoms. The van der Waals surface area contributed by atoms with Crippen molar-refractivity contribution < 1.29 is 19.1 Å². The number of anilines is 1. The highest BCUT2D eigenvalue weighted by Crippen LogP contribution is 2.31. The number of hydrogen-bond donors (Lipinski definition) is 1. The SMILES string of the molecule is CCOC(=O)c1c(CC(C)C)csc1NC(=O)CN1C[C@@H](C)O[C@@H](C)C1. The Morgan fingerprint density at radius 3 is 2.58 bits per heavy atom. The van der Waals surface area contributed by atoms with Crippen molar-refractivity contribution in [2.45, 2.75) is 53.2 Å². The van der Waals surface area contributed by atoms with Gasteiger partial charge in [0.1, 0.15) is 5.00 Å². The molecule has 2 heterocycles. The molecule has 0 unspecified atom stereocenters. The fourth-order valence-electron chi connectivity index (χ4n) is 3.29. The molecule has 1 saturated heterocycles. The zero-order valence-electron chi connectivity index (χ0n) is 16.3. The minimum absolute atomic E-state index is 0.112. The maximum atomic E-state index is 12.5. The number of carbonyl (C=O) groups is 2. The number of rotatable bonds is 7. The molecule has 1 amide bonds. The molecule has 26 heavy (non-hydrogen) atoms. The minimum atomic E-state index is -0.367. The molecule has 7 heteroatoms. The molecule has 0 radical (unpaired) electrons. The highest BCUT2D eigenvalue weighted by Gasteiger charge is 2.26. The van der Waals surface area contributed by atoms with Gasteiger partial charge >= 0.3 is 5.97 Å². The summed E-state index contributed by atoms with van der Waals surface area (Å²) in [6, 6.07) is 0. The molecule has 2 atom stereocenters. The van der Waals surface area contributed by atoms with E-state index in [-0.39, 0.29) is 30.6 Å². The number of nitrogens with one attached hydrogen (secondary N) is 1. The summed E-state index contributed by atoms with van der Waals surface area (Å²) in [5, 5.41) is 5.44. The van der Waals surface area contributed by atoms with Crippen LogP contribution in [0.5, 0.6) is 0 Å². The summed E-state index contributed by atoms with van der Waals surface area (Å²) in [5.74, 6) is -0.0687. The van der Waals surface area contributed by atoms with Gasteiger partial charge in [-0.3, -0.25) is 9.69 Å². The Kier molecular flexibility index (Phi) is 7.61. The largest absolute Gasteiger partial charge is 0.462 e. The van der Waals surface area contributed by atoms with Gasteiger partial charge in [-0.2, -0.15) is 0 Å². The summed E-state index contributed by atoms with van der Waals surface area (Å²) in [6.45, 7) is 12.1. The molecule has 0 aromatic carbocycles. The Morgan fingerprint density at radius 2 is 2.00 bits per heavy atom. The van der Waals surface area contributed by atoms with Crippen molar-refractivity contribution in [2.75, 3.05) is 31.6 Å². The average molecular weight is 383 g/mol. The van der Waals surface area contributed by atoms with Gasteiger partial charge in [-0.15, -0.1) is 11.3 Å². The van der Waals surface area contributed by atoms with Crippen LogP contribution in [0.15, 0.2) is 5.38 Å². The van der Waals surface area contributed by atoms with Gasteiger partial charge in [-0.05, 0) is 44.1 Å². The van der Waals surface area contributed by atoms with Crippen molar-refractivity contribution >= 4 is 28.2 Å². The summed E-state index contributed by atoms with van der Waals surface area (Å²) in [5.41, 5.74) is 1.44. The summed E-state index contributed by atoms with van der Waals surface area (Å²) in [4.78, 5) is 27.0. The van der Waals surface area contributed by atoms with Crippen LogP contribution in [-0.2, 0) is 20.7 Å². The van der Waals surface area contributed by atoms with Gasteiger partial charge in [0, 0.05) is 13.1 Å². The molecule has 1 aromatic rings. The van der Waals surface area contributed by atoms with E-state index in [0.717, 1.165) is 25.1 Å². The van der Waals surface area contributed by atoms with Crippen LogP contribution in [0, 0.1) is 5.92 Å². The summed E-state index contributed by atoms with van der Waals surface area (Å²) in [7, 11) is 0. The van der Waals surface area contributed by atoms with Crippen molar-refractivity contribution in [1.82, 2.24) is 4.90 Å². The average Bonchev–Trinajstić information content (AvgIpc) is 2.87. The first-order chi connectivity index (χ1) is 12.3. The second-order valence-electron chi connectivity index (χ2n) is 7.28. The van der Waals surface area contributed by atoms with E-state index in [9.17, 15) is 9.59 Å². The number of carbonyl (C=O) groups excluding carboxylic acids is 2. The van der Waals surface area contributed by atoms with Crippen LogP contribution in [0.25, 0.3) is 0 Å². The topological polar surface area (TPSA) is 67.9 Å². The fourth-order valence-corrected chi connectivity index (χ4v) is 4.26. The Hall–Kier alpha value is -1.44. The van der Waals surface area contributed by atoms with Gasteiger partial charge < -0.3 is 14.8 Å². The van der Waals surface area contributed by atoms with Crippen LogP contribution in [0.3, 0.4) is 0 Å². The van der Waals surface area contributed by atoms with Crippen LogP contribution >= 0.6 is 11.3 Å². The Balaban J connectivity index is 2.08. The molecule has 0 saturated carbocycles. The van der Waals surface area contributed by atoms with Crippen molar-refractivity contribution in [3.63, 3.8) is 0 Å². The van der Waals surface area contributed by atoms with Gasteiger partial charge in [-0.25, -0.2) is 4.79 Å². The molecular weight excluding hydrogens is 352 g/mol. The van der Waals surface area contributed by atoms with Gasteiger partial charge in [0.25, 0.3) is 0 Å². The lowest BCUT2D eigenvalue weighted by Crippen LogP contribution is -2.48. The molecule has 1 aliphatic rings. The van der Waals surface area contributed by atoms with Gasteiger partial charge in [0.05, 0.1) is 30.9 Å². The molecular formula is C19H30N2O4S. The van der Waals surface area contributed by atoms with Gasteiger partial charge in [0.15, 0.2) is 0 Å². The van der Waals surface area contributed by atoms with E-state index in [2.05, 4.69) is 24.1 Å². The summed E-state index contributed by atoms with van der Waals surface area (Å²) >= 11 is 1.39. The molecule has 1 N–H and O–H groups in total. The van der Waals surface area contributed by atoms with Crippen LogP contribution in [0.1, 0.15) is 50.5 Å². The van der Waals surface area contributed by atoms with E-state index in [4.69, 9.17) is 9.47 Å². The summed E-state index contributed by atoms with van der Waals surface area (Å²) in [6.07, 6.45) is 1.00. The number of ether oxygens (including phenoxy) is 2. The van der Waals surface area contributed by atoms with Crippen molar-refractivity contribution in [3.8, 4) is 0 Å². The van der Waals surface area contributed by atoms with E-state index >= 15 is 0 Å². The molecule has 1 fully saturated rings. The number of nitrogens with zero attached hydrogens (tertiary/aromatic N) is 1. The number of hydrogen-bond acceptors (Lipinski definition) is 6. The summed E-state index contributed by atoms with van der Waals surface area (Å²) < 4.78 is 10.9. The fraction of sp³-hybridized carbons (Fsp3) is 0.684. The van der Waals surface area contributed by atoms with Crippen LogP contribution in [0.4, 0.5) is 5.00 Å². The third-order valence-electron chi connectivity index (χ3n) is 4.09. The van der Waals surface area contributed by atoms with Crippen LogP contribution in [0.2, 0.25) is 0 Å². The maximum Gasteiger partial charge on any atom is 0.341 e. The van der Waals surface area contributed by atoms with E-state index in [1.807, 2.05) is 19.2 Å². The molecule has 6 nitrogen and oxygen atoms in total. The molecule has 2 rings (SSSR count). The first-order valence-corrected chi connectivity index (χ1v) is 10.1. The lowest BCUT2D eigenvalue weighted by Gasteiger charge is -2.34. The standard InChI is InChI=1S/C19H30N2O4S/c1-6-24-19(23)17-15(7-12(2)3)11-26-18(17)20-16(22)10-21-8-13(4)25-14(5)9-21/h11-14H,6-10H2,1-5H3,(H,20,22)/t13-,14+. The normalized spacial score (nSPS) is 21.0. The van der Waals surface area contributed by atoms with E-state index in [1.165, 1.54) is 11.3 Å². The predicted molar refractivity (Wildman–Crippen MR) is 104 cm³/mol. The molecule has 1 aromatic heterocycles. The maximum absolute atomic E-state index is 12.5. The third-order valence-corrected chi connectivity index (χ3v) is 5.03. The smallest absolute Gasteiger partial charge is 0.341 e. The quantitative estimate of drug-likeness (QED) is 0.734. The van der Waals surface area contributed by atoms with E-state index in [0.29, 0.717) is 23.1 Å². The number of esters is 1. The Morgan fingerprint density at radius 1 is 1.35 bits per heavy atom. The second kappa shape index (κ2) is 9.48. The Labute approximate surface area is 159 Å². The number of thiophene rings is 1. The minimum Gasteiger partial charge on any atom is -0.462 e. The number of amides is 1. The first kappa shape index (κ1) is 20.9. The third kappa shape index (κ3) is 5.79. The monoisotopic (exact) mass is 382 g/mol. The highest BCUT2D eigenvalue weighted by molar-refractivity contribution is 7.15. The van der Waals surface area contributed by atoms with Crippen molar-refractivity contribution in [3.05, 3.63) is 16.5 Å². The Bertz CT molecular complexity index is 619. The first-order valence-electron chi connectivity index (χ1n) is 9.25. The predicted octanol–water partition coefficient (Wildman–Crippen LogP) is 3.17. The molecule has 1 aliphatic heterocycles. The molecule has 0 bridgehead atoms. The van der Waals surface area contributed by atoms with E-state index < -0.39 is 0 Å². The van der Waals surface area contributed by atoms with Gasteiger partial charge in [0.2, 0.25) is 5.91 Å². The lowest BCUT2D eigenvalue weighted by atomic mass is 10.0. The zero-order valence-corrected chi connectivity index (χ0v) is 17.1. The van der Waals surface area contributed by atoms with Crippen molar-refractivity contribution in [1.29, 1.82) is 0 Å². The van der Waals surface area contributed by atoms with Crippen molar-refractivity contribution in [2.24, 2.45) is 5.92 Å². The molecule has 146 valence electrons.